The highest BCUT2D eigenvalue weighted by Gasteiger charge is 2.19. The Hall–Kier alpha value is -7.39. The van der Waals surface area contributed by atoms with Crippen molar-refractivity contribution in [1.82, 2.24) is 9.13 Å². The number of fused-ring (bicyclic) bond motifs is 6. The van der Waals surface area contributed by atoms with Gasteiger partial charge in [-0.1, -0.05) is 84.9 Å². The third kappa shape index (κ3) is 4.31. The van der Waals surface area contributed by atoms with Gasteiger partial charge in [-0.2, -0.15) is 15.8 Å². The zero-order valence-corrected chi connectivity index (χ0v) is 26.7. The number of nitrogens with zero attached hydrogens (tertiary/aromatic N) is 5. The third-order valence-electron chi connectivity index (χ3n) is 9.65. The minimum Gasteiger partial charge on any atom is -0.309 e. The van der Waals surface area contributed by atoms with Gasteiger partial charge < -0.3 is 9.13 Å². The Morgan fingerprint density at radius 2 is 0.980 bits per heavy atom. The van der Waals surface area contributed by atoms with Crippen LogP contribution in [0.1, 0.15) is 16.7 Å². The van der Waals surface area contributed by atoms with Gasteiger partial charge in [-0.05, 0) is 72.3 Å². The highest BCUT2D eigenvalue weighted by atomic mass is 15.0. The Kier molecular flexibility index (Phi) is 6.56. The summed E-state index contributed by atoms with van der Waals surface area (Å²) in [5, 5.41) is 34.8. The van der Waals surface area contributed by atoms with E-state index in [1.807, 2.05) is 103 Å². The van der Waals surface area contributed by atoms with Gasteiger partial charge in [-0.3, -0.25) is 0 Å². The number of hydrogen-bond donors (Lipinski definition) is 0. The monoisotopic (exact) mass is 635 g/mol. The maximum atomic E-state index is 10.5. The summed E-state index contributed by atoms with van der Waals surface area (Å²) in [5.41, 5.74) is 10.9. The van der Waals surface area contributed by atoms with Crippen molar-refractivity contribution >= 4 is 43.6 Å². The molecule has 0 atom stereocenters. The average Bonchev–Trinajstić information content (AvgIpc) is 3.70. The molecule has 0 unspecified atom stereocenters. The van der Waals surface area contributed by atoms with Crippen LogP contribution in [0, 0.1) is 34.0 Å². The zero-order valence-electron chi connectivity index (χ0n) is 26.7. The molecule has 0 saturated heterocycles. The highest BCUT2D eigenvalue weighted by Crippen LogP contribution is 2.39. The summed E-state index contributed by atoms with van der Waals surface area (Å²) < 4.78 is 4.43. The molecule has 0 radical (unpaired) electrons. The van der Waals surface area contributed by atoms with Crippen molar-refractivity contribution < 1.29 is 0 Å². The Labute approximate surface area is 287 Å². The first-order chi connectivity index (χ1) is 24.7. The fourth-order valence-electron chi connectivity index (χ4n) is 7.45. The largest absolute Gasteiger partial charge is 0.309 e. The second-order valence-electron chi connectivity index (χ2n) is 12.3. The van der Waals surface area contributed by atoms with E-state index < -0.39 is 0 Å². The van der Waals surface area contributed by atoms with Crippen LogP contribution < -0.4 is 0 Å². The Balaban J connectivity index is 1.23. The van der Waals surface area contributed by atoms with Crippen molar-refractivity contribution in [3.8, 4) is 51.8 Å². The lowest BCUT2D eigenvalue weighted by molar-refractivity contribution is 1.18. The van der Waals surface area contributed by atoms with Crippen LogP contribution >= 0.6 is 0 Å². The number of para-hydroxylation sites is 4. The smallest absolute Gasteiger partial charge is 0.0998 e. The lowest BCUT2D eigenvalue weighted by Gasteiger charge is -2.16. The van der Waals surface area contributed by atoms with Gasteiger partial charge in [-0.15, -0.1) is 0 Å². The van der Waals surface area contributed by atoms with Crippen LogP contribution in [0.15, 0.2) is 152 Å². The van der Waals surface area contributed by atoms with E-state index in [1.165, 1.54) is 0 Å². The van der Waals surface area contributed by atoms with E-state index in [-0.39, 0.29) is 0 Å². The van der Waals surface area contributed by atoms with Crippen molar-refractivity contribution in [3.63, 3.8) is 0 Å². The van der Waals surface area contributed by atoms with Gasteiger partial charge in [0.2, 0.25) is 0 Å². The highest BCUT2D eigenvalue weighted by molar-refractivity contribution is 6.11. The maximum Gasteiger partial charge on any atom is 0.0998 e. The van der Waals surface area contributed by atoms with Crippen molar-refractivity contribution in [2.45, 2.75) is 0 Å². The van der Waals surface area contributed by atoms with Crippen LogP contribution in [0.3, 0.4) is 0 Å². The fraction of sp³-hybridized carbons (Fsp3) is 0. The Morgan fingerprint density at radius 1 is 0.380 bits per heavy atom. The molecule has 2 aromatic heterocycles. The molecule has 9 aromatic rings. The second kappa shape index (κ2) is 11.4. The van der Waals surface area contributed by atoms with Gasteiger partial charge >= 0.3 is 0 Å². The lowest BCUT2D eigenvalue weighted by Crippen LogP contribution is -1.98. The molecule has 9 rings (SSSR count). The first-order valence-electron chi connectivity index (χ1n) is 16.3. The summed E-state index contributed by atoms with van der Waals surface area (Å²) in [4.78, 5) is 0. The predicted molar refractivity (Wildman–Crippen MR) is 200 cm³/mol. The molecule has 230 valence electrons. The van der Waals surface area contributed by atoms with E-state index in [0.29, 0.717) is 27.8 Å². The van der Waals surface area contributed by atoms with E-state index in [0.717, 1.165) is 66.1 Å². The first-order valence-corrected chi connectivity index (χ1v) is 16.3. The molecular formula is C45H25N5. The Morgan fingerprint density at radius 3 is 1.66 bits per heavy atom. The maximum absolute atomic E-state index is 10.5. The number of nitriles is 3. The molecule has 0 bridgehead atoms. The molecule has 0 aliphatic carbocycles. The molecule has 0 N–H and O–H groups in total. The summed E-state index contributed by atoms with van der Waals surface area (Å²) in [6.45, 7) is 0. The Bertz CT molecular complexity index is 2920. The summed E-state index contributed by atoms with van der Waals surface area (Å²) in [5.74, 6) is 0. The predicted octanol–water partition coefficient (Wildman–Crippen LogP) is 10.8. The normalized spacial score (nSPS) is 11.1. The van der Waals surface area contributed by atoms with Crippen LogP contribution in [0.4, 0.5) is 0 Å². The van der Waals surface area contributed by atoms with Gasteiger partial charge in [0.15, 0.2) is 0 Å². The van der Waals surface area contributed by atoms with Crippen molar-refractivity contribution in [2.24, 2.45) is 0 Å². The van der Waals surface area contributed by atoms with Crippen LogP contribution in [0.25, 0.3) is 77.2 Å². The number of benzene rings is 7. The van der Waals surface area contributed by atoms with E-state index in [9.17, 15) is 15.8 Å². The second-order valence-corrected chi connectivity index (χ2v) is 12.3. The van der Waals surface area contributed by atoms with Crippen LogP contribution in [-0.2, 0) is 0 Å². The fourth-order valence-corrected chi connectivity index (χ4v) is 7.45. The molecule has 0 fully saturated rings. The summed E-state index contributed by atoms with van der Waals surface area (Å²) >= 11 is 0. The summed E-state index contributed by atoms with van der Waals surface area (Å²) in [7, 11) is 0. The van der Waals surface area contributed by atoms with E-state index in [1.54, 1.807) is 0 Å². The molecular weight excluding hydrogens is 611 g/mol. The molecule has 7 aromatic carbocycles. The van der Waals surface area contributed by atoms with E-state index in [4.69, 9.17) is 0 Å². The van der Waals surface area contributed by atoms with E-state index in [2.05, 4.69) is 75.9 Å². The minimum absolute atomic E-state index is 0.488. The number of rotatable bonds is 4. The van der Waals surface area contributed by atoms with Gasteiger partial charge in [0.1, 0.15) is 0 Å². The van der Waals surface area contributed by atoms with Gasteiger partial charge in [0.05, 0.1) is 62.7 Å². The van der Waals surface area contributed by atoms with Crippen molar-refractivity contribution in [3.05, 3.63) is 168 Å². The zero-order chi connectivity index (χ0) is 33.8. The molecule has 0 saturated carbocycles. The van der Waals surface area contributed by atoms with Gasteiger partial charge in [0.25, 0.3) is 0 Å². The third-order valence-corrected chi connectivity index (χ3v) is 9.65. The molecule has 0 spiro atoms. The van der Waals surface area contributed by atoms with Crippen LogP contribution in [0.2, 0.25) is 0 Å². The lowest BCUT2D eigenvalue weighted by atomic mass is 9.91. The van der Waals surface area contributed by atoms with Gasteiger partial charge in [0, 0.05) is 43.9 Å². The molecule has 50 heavy (non-hydrogen) atoms. The molecule has 0 amide bonds. The molecule has 5 heteroatoms. The quantitative estimate of drug-likeness (QED) is 0.193. The average molecular weight is 636 g/mol. The molecule has 0 aliphatic rings. The topological polar surface area (TPSA) is 81.2 Å². The van der Waals surface area contributed by atoms with Crippen molar-refractivity contribution in [1.29, 1.82) is 15.8 Å². The SMILES string of the molecule is N#Cc1ccc2c(c1)c1ccccc1n2-c1ccccc1-c1ccc(C#N)c(-c2ccc(-n3c4ccccc4c4ccccc43)cc2C#N)c1. The van der Waals surface area contributed by atoms with Crippen LogP contribution in [-0.4, -0.2) is 9.13 Å². The standard InChI is InChI=1S/C45H25N5/c46-26-29-17-22-45-40(23-29)38-12-4-8-16-44(38)50(45)41-13-5-1-9-35(41)30-18-19-31(27-47)39(25-30)34-21-20-33(24-32(34)28-48)49-42-14-6-2-10-36(42)37-11-3-7-15-43(37)49/h1-25H. The number of hydrogen-bond acceptors (Lipinski definition) is 3. The molecule has 5 nitrogen and oxygen atoms in total. The minimum atomic E-state index is 0.488. The van der Waals surface area contributed by atoms with Crippen LogP contribution in [0.5, 0.6) is 0 Å². The van der Waals surface area contributed by atoms with Gasteiger partial charge in [-0.25, -0.2) is 0 Å². The van der Waals surface area contributed by atoms with Crippen molar-refractivity contribution in [2.75, 3.05) is 0 Å². The summed E-state index contributed by atoms with van der Waals surface area (Å²) in [6.07, 6.45) is 0. The first kappa shape index (κ1) is 28.8. The molecule has 0 aliphatic heterocycles. The number of aromatic nitrogens is 2. The van der Waals surface area contributed by atoms with E-state index >= 15 is 0 Å². The summed E-state index contributed by atoms with van der Waals surface area (Å²) in [6, 6.07) is 57.7. The molecule has 2 heterocycles.